The van der Waals surface area contributed by atoms with Crippen LogP contribution in [-0.4, -0.2) is 33.9 Å². The van der Waals surface area contributed by atoms with Gasteiger partial charge in [0.1, 0.15) is 6.26 Å². The van der Waals surface area contributed by atoms with Crippen LogP contribution in [0.4, 0.5) is 0 Å². The molecule has 1 aliphatic heterocycles. The van der Waals surface area contributed by atoms with Crippen molar-refractivity contribution in [1.82, 2.24) is 14.9 Å². The molecule has 0 bridgehead atoms. The minimum Gasteiger partial charge on any atom is -0.446 e. The fourth-order valence-electron chi connectivity index (χ4n) is 3.26. The summed E-state index contributed by atoms with van der Waals surface area (Å²) in [5.41, 5.74) is 8.79. The van der Waals surface area contributed by atoms with Gasteiger partial charge < -0.3 is 20.0 Å². The van der Waals surface area contributed by atoms with Gasteiger partial charge in [-0.15, -0.1) is 0 Å². The molecule has 1 unspecified atom stereocenters. The number of H-pyrrole nitrogens is 1. The number of nitrogens with zero attached hydrogens (tertiary/aromatic N) is 2. The summed E-state index contributed by atoms with van der Waals surface area (Å²) in [6.07, 6.45) is 6.09. The van der Waals surface area contributed by atoms with E-state index >= 15 is 0 Å². The average molecular weight is 324 g/mol. The second kappa shape index (κ2) is 6.13. The molecule has 1 aromatic carbocycles. The monoisotopic (exact) mass is 324 g/mol. The number of carbonyl (C=O) groups excluding carboxylic acids is 1. The lowest BCUT2D eigenvalue weighted by Gasteiger charge is -2.12. The Morgan fingerprint density at radius 3 is 2.96 bits per heavy atom. The van der Waals surface area contributed by atoms with Crippen molar-refractivity contribution in [3.63, 3.8) is 0 Å². The van der Waals surface area contributed by atoms with E-state index in [0.717, 1.165) is 42.4 Å². The fourth-order valence-corrected chi connectivity index (χ4v) is 3.26. The number of aromatic nitrogens is 2. The minimum absolute atomic E-state index is 0.0678. The molecule has 1 saturated heterocycles. The molecule has 0 spiro atoms. The highest BCUT2D eigenvalue weighted by atomic mass is 16.3. The predicted octanol–water partition coefficient (Wildman–Crippen LogP) is 2.63. The smallest absolute Gasteiger partial charge is 0.275 e. The first kappa shape index (κ1) is 15.0. The number of carbonyl (C=O) groups is 1. The van der Waals surface area contributed by atoms with Gasteiger partial charge in [-0.2, -0.15) is 0 Å². The third-order valence-electron chi connectivity index (χ3n) is 4.57. The number of fused-ring (bicyclic) bond motifs is 1. The number of benzene rings is 1. The summed E-state index contributed by atoms with van der Waals surface area (Å²) in [5.74, 6) is 0.338. The molecule has 0 aliphatic carbocycles. The van der Waals surface area contributed by atoms with Gasteiger partial charge in [-0.05, 0) is 30.9 Å². The number of rotatable bonds is 4. The molecule has 124 valence electrons. The second-order valence-corrected chi connectivity index (χ2v) is 6.24. The fraction of sp³-hybridized carbons (Fsp3) is 0.333. The van der Waals surface area contributed by atoms with Crippen molar-refractivity contribution in [3.05, 3.63) is 53.9 Å². The van der Waals surface area contributed by atoms with Crippen LogP contribution in [0.1, 0.15) is 40.8 Å². The molecule has 6 heteroatoms. The summed E-state index contributed by atoms with van der Waals surface area (Å²) < 4.78 is 5.47. The highest BCUT2D eigenvalue weighted by Gasteiger charge is 2.24. The van der Waals surface area contributed by atoms with Gasteiger partial charge in [-0.3, -0.25) is 4.79 Å². The Morgan fingerprint density at radius 1 is 1.33 bits per heavy atom. The first-order valence-corrected chi connectivity index (χ1v) is 8.27. The molecule has 1 aliphatic rings. The number of hydrogen-bond donors (Lipinski definition) is 2. The maximum Gasteiger partial charge on any atom is 0.275 e. The molecular formula is C18H20N4O2. The zero-order chi connectivity index (χ0) is 16.5. The van der Waals surface area contributed by atoms with Crippen LogP contribution in [0.15, 0.2) is 41.1 Å². The van der Waals surface area contributed by atoms with E-state index in [2.05, 4.69) is 16.0 Å². The number of oxazole rings is 1. The van der Waals surface area contributed by atoms with Crippen molar-refractivity contribution in [2.24, 2.45) is 5.73 Å². The van der Waals surface area contributed by atoms with Crippen molar-refractivity contribution in [1.29, 1.82) is 0 Å². The van der Waals surface area contributed by atoms with Crippen molar-refractivity contribution >= 4 is 16.8 Å². The van der Waals surface area contributed by atoms with Crippen LogP contribution in [0, 0.1) is 0 Å². The summed E-state index contributed by atoms with van der Waals surface area (Å²) in [7, 11) is 0. The van der Waals surface area contributed by atoms with Crippen molar-refractivity contribution < 1.29 is 9.21 Å². The average Bonchev–Trinajstić information content (AvgIpc) is 3.35. The second-order valence-electron chi connectivity index (χ2n) is 6.24. The summed E-state index contributed by atoms with van der Waals surface area (Å²) in [4.78, 5) is 21.7. The van der Waals surface area contributed by atoms with Gasteiger partial charge in [0.15, 0.2) is 5.69 Å². The van der Waals surface area contributed by atoms with E-state index < -0.39 is 0 Å². The van der Waals surface area contributed by atoms with E-state index in [1.165, 1.54) is 6.26 Å². The maximum atomic E-state index is 12.3. The molecule has 3 N–H and O–H groups in total. The Balaban J connectivity index is 1.50. The van der Waals surface area contributed by atoms with Crippen LogP contribution < -0.4 is 5.73 Å². The van der Waals surface area contributed by atoms with Crippen molar-refractivity contribution in [2.75, 3.05) is 13.1 Å². The molecule has 1 atom stereocenters. The number of nitrogens with two attached hydrogens (primary N) is 1. The van der Waals surface area contributed by atoms with Crippen LogP contribution in [0.5, 0.6) is 0 Å². The standard InChI is InChI=1S/C18H20N4O2/c19-14(9-12-10-20-15-6-2-1-5-13(12)15)17-21-16(11-24-17)18(23)22-7-3-4-8-22/h1-2,5-6,10-11,14,20H,3-4,7-9,19H2. The normalized spacial score (nSPS) is 16.0. The van der Waals surface area contributed by atoms with E-state index in [1.54, 1.807) is 0 Å². The lowest BCUT2D eigenvalue weighted by molar-refractivity contribution is 0.0787. The largest absolute Gasteiger partial charge is 0.446 e. The van der Waals surface area contributed by atoms with E-state index in [9.17, 15) is 4.79 Å². The number of hydrogen-bond acceptors (Lipinski definition) is 4. The Morgan fingerprint density at radius 2 is 2.12 bits per heavy atom. The van der Waals surface area contributed by atoms with Crippen LogP contribution in [0.25, 0.3) is 10.9 Å². The number of nitrogens with one attached hydrogen (secondary N) is 1. The molecule has 2 aromatic heterocycles. The molecule has 0 saturated carbocycles. The highest BCUT2D eigenvalue weighted by molar-refractivity contribution is 5.92. The maximum absolute atomic E-state index is 12.3. The lowest BCUT2D eigenvalue weighted by Crippen LogP contribution is -2.28. The van der Waals surface area contributed by atoms with Gasteiger partial charge in [-0.25, -0.2) is 4.98 Å². The van der Waals surface area contributed by atoms with Crippen molar-refractivity contribution in [2.45, 2.75) is 25.3 Å². The Kier molecular flexibility index (Phi) is 3.82. The van der Waals surface area contributed by atoms with Crippen LogP contribution in [0.2, 0.25) is 0 Å². The molecule has 0 radical (unpaired) electrons. The number of para-hydroxylation sites is 1. The summed E-state index contributed by atoms with van der Waals surface area (Å²) in [5, 5.41) is 1.15. The molecule has 1 amide bonds. The van der Waals surface area contributed by atoms with E-state index in [-0.39, 0.29) is 11.9 Å². The topological polar surface area (TPSA) is 88.2 Å². The SMILES string of the molecule is NC(Cc1c[nH]c2ccccc12)c1nc(C(=O)N2CCCC2)co1. The van der Waals surface area contributed by atoms with Gasteiger partial charge in [0.05, 0.1) is 6.04 Å². The van der Waals surface area contributed by atoms with Crippen molar-refractivity contribution in [3.8, 4) is 0 Å². The molecule has 24 heavy (non-hydrogen) atoms. The molecule has 1 fully saturated rings. The molecule has 6 nitrogen and oxygen atoms in total. The number of amides is 1. The van der Waals surface area contributed by atoms with Gasteiger partial charge in [0.2, 0.25) is 5.89 Å². The quantitative estimate of drug-likeness (QED) is 0.772. The number of aromatic amines is 1. The molecule has 3 heterocycles. The third kappa shape index (κ3) is 2.69. The summed E-state index contributed by atoms with van der Waals surface area (Å²) in [6.45, 7) is 1.59. The molecular weight excluding hydrogens is 304 g/mol. The Hall–Kier alpha value is -2.60. The third-order valence-corrected chi connectivity index (χ3v) is 4.57. The van der Waals surface area contributed by atoms with E-state index in [4.69, 9.17) is 10.2 Å². The summed E-state index contributed by atoms with van der Waals surface area (Å²) in [6, 6.07) is 7.70. The molecule has 4 rings (SSSR count). The van der Waals surface area contributed by atoms with Gasteiger partial charge >= 0.3 is 0 Å². The highest BCUT2D eigenvalue weighted by Crippen LogP contribution is 2.23. The first-order chi connectivity index (χ1) is 11.7. The summed E-state index contributed by atoms with van der Waals surface area (Å²) >= 11 is 0. The minimum atomic E-state index is -0.385. The van der Waals surface area contributed by atoms with Gasteiger partial charge in [0.25, 0.3) is 5.91 Å². The van der Waals surface area contributed by atoms with Crippen LogP contribution >= 0.6 is 0 Å². The first-order valence-electron chi connectivity index (χ1n) is 8.27. The zero-order valence-electron chi connectivity index (χ0n) is 13.4. The van der Waals surface area contributed by atoms with Crippen LogP contribution in [-0.2, 0) is 6.42 Å². The Labute approximate surface area is 139 Å². The number of likely N-dealkylation sites (tertiary alicyclic amines) is 1. The van der Waals surface area contributed by atoms with Gasteiger partial charge in [0, 0.05) is 30.2 Å². The van der Waals surface area contributed by atoms with Gasteiger partial charge in [-0.1, -0.05) is 18.2 Å². The lowest BCUT2D eigenvalue weighted by atomic mass is 10.1. The van der Waals surface area contributed by atoms with E-state index in [0.29, 0.717) is 18.0 Å². The molecule has 3 aromatic rings. The van der Waals surface area contributed by atoms with Crippen LogP contribution in [0.3, 0.4) is 0 Å². The predicted molar refractivity (Wildman–Crippen MR) is 90.6 cm³/mol. The van der Waals surface area contributed by atoms with E-state index in [1.807, 2.05) is 29.3 Å². The Bertz CT molecular complexity index is 861. The zero-order valence-corrected chi connectivity index (χ0v) is 13.4.